The van der Waals surface area contributed by atoms with Crippen molar-refractivity contribution < 1.29 is 0 Å². The van der Waals surface area contributed by atoms with Gasteiger partial charge in [-0.25, -0.2) is 0 Å². The van der Waals surface area contributed by atoms with E-state index in [0.29, 0.717) is 12.0 Å². The van der Waals surface area contributed by atoms with Crippen LogP contribution in [-0.2, 0) is 6.42 Å². The van der Waals surface area contributed by atoms with Crippen molar-refractivity contribution >= 4 is 0 Å². The summed E-state index contributed by atoms with van der Waals surface area (Å²) in [5, 5.41) is 0. The third-order valence-electron chi connectivity index (χ3n) is 2.32. The first kappa shape index (κ1) is 10.2. The molecule has 0 radical (unpaired) electrons. The molecular weight excluding hydrogens is 160 g/mol. The van der Waals surface area contributed by atoms with Gasteiger partial charge in [0, 0.05) is 6.04 Å². The van der Waals surface area contributed by atoms with Gasteiger partial charge in [0.15, 0.2) is 0 Å². The molecule has 72 valence electrons. The van der Waals surface area contributed by atoms with Gasteiger partial charge in [0.05, 0.1) is 0 Å². The van der Waals surface area contributed by atoms with E-state index in [-0.39, 0.29) is 0 Å². The lowest BCUT2D eigenvalue weighted by atomic mass is 9.97. The number of nitrogens with one attached hydrogen (secondary N) is 1. The molecule has 0 bridgehead atoms. The highest BCUT2D eigenvalue weighted by Crippen LogP contribution is 2.08. The van der Waals surface area contributed by atoms with Crippen LogP contribution in [0.4, 0.5) is 0 Å². The van der Waals surface area contributed by atoms with Crippen LogP contribution in [0.5, 0.6) is 0 Å². The Kier molecular flexibility index (Phi) is 3.93. The summed E-state index contributed by atoms with van der Waals surface area (Å²) in [5.41, 5.74) is 4.18. The van der Waals surface area contributed by atoms with Crippen molar-refractivity contribution in [2.24, 2.45) is 11.8 Å². The van der Waals surface area contributed by atoms with Gasteiger partial charge in [-0.2, -0.15) is 0 Å². The Morgan fingerprint density at radius 1 is 1.23 bits per heavy atom. The fourth-order valence-electron chi connectivity index (χ4n) is 1.36. The Balaban J connectivity index is 2.57. The monoisotopic (exact) mass is 178 g/mol. The average molecular weight is 178 g/mol. The van der Waals surface area contributed by atoms with E-state index in [1.807, 2.05) is 6.07 Å². The van der Waals surface area contributed by atoms with E-state index in [2.05, 4.69) is 43.5 Å². The summed E-state index contributed by atoms with van der Waals surface area (Å²) in [6.07, 6.45) is 0.995. The van der Waals surface area contributed by atoms with Crippen LogP contribution in [0.2, 0.25) is 0 Å². The molecule has 2 heteroatoms. The summed E-state index contributed by atoms with van der Waals surface area (Å²) in [4.78, 5) is 0. The highest BCUT2D eigenvalue weighted by atomic mass is 15.2. The molecule has 0 aromatic heterocycles. The molecule has 1 aromatic carbocycles. The number of hydrazine groups is 1. The number of hydrogen-bond donors (Lipinski definition) is 2. The summed E-state index contributed by atoms with van der Waals surface area (Å²) in [6.45, 7) is 4.35. The number of benzene rings is 1. The Labute approximate surface area is 80.1 Å². The molecule has 0 saturated carbocycles. The van der Waals surface area contributed by atoms with Crippen LogP contribution < -0.4 is 11.3 Å². The molecule has 0 unspecified atom stereocenters. The minimum Gasteiger partial charge on any atom is -0.271 e. The zero-order valence-electron chi connectivity index (χ0n) is 8.33. The molecule has 1 aromatic rings. The second kappa shape index (κ2) is 5.00. The maximum atomic E-state index is 5.47. The lowest BCUT2D eigenvalue weighted by Gasteiger charge is -2.19. The number of nitrogens with two attached hydrogens (primary N) is 1. The van der Waals surface area contributed by atoms with Crippen LogP contribution in [0.15, 0.2) is 30.3 Å². The maximum Gasteiger partial charge on any atom is 0.0273 e. The van der Waals surface area contributed by atoms with Crippen molar-refractivity contribution in [2.45, 2.75) is 26.3 Å². The zero-order chi connectivity index (χ0) is 9.68. The molecule has 0 spiro atoms. The highest BCUT2D eigenvalue weighted by molar-refractivity contribution is 5.15. The van der Waals surface area contributed by atoms with Crippen LogP contribution >= 0.6 is 0 Å². The second-order valence-electron chi connectivity index (χ2n) is 3.71. The van der Waals surface area contributed by atoms with Crippen LogP contribution in [0.25, 0.3) is 0 Å². The predicted octanol–water partition coefficient (Wildman–Crippen LogP) is 1.72. The van der Waals surface area contributed by atoms with Gasteiger partial charge in [-0.1, -0.05) is 44.2 Å². The van der Waals surface area contributed by atoms with E-state index >= 15 is 0 Å². The first-order valence-corrected chi connectivity index (χ1v) is 4.74. The molecule has 1 rings (SSSR count). The van der Waals surface area contributed by atoms with Crippen LogP contribution in [-0.4, -0.2) is 6.04 Å². The van der Waals surface area contributed by atoms with Gasteiger partial charge in [-0.15, -0.1) is 0 Å². The summed E-state index contributed by atoms with van der Waals surface area (Å²) < 4.78 is 0. The number of hydrogen-bond acceptors (Lipinski definition) is 2. The van der Waals surface area contributed by atoms with Crippen LogP contribution in [0.3, 0.4) is 0 Å². The molecule has 3 N–H and O–H groups in total. The minimum atomic E-state index is 0.363. The van der Waals surface area contributed by atoms with E-state index in [1.54, 1.807) is 0 Å². The lowest BCUT2D eigenvalue weighted by Crippen LogP contribution is -2.40. The lowest BCUT2D eigenvalue weighted by molar-refractivity contribution is 0.404. The molecule has 0 aliphatic heterocycles. The summed E-state index contributed by atoms with van der Waals surface area (Å²) in [6, 6.07) is 10.8. The Morgan fingerprint density at radius 2 is 1.85 bits per heavy atom. The van der Waals surface area contributed by atoms with Gasteiger partial charge < -0.3 is 0 Å². The third-order valence-corrected chi connectivity index (χ3v) is 2.32. The first-order valence-electron chi connectivity index (χ1n) is 4.74. The largest absolute Gasteiger partial charge is 0.271 e. The fraction of sp³-hybridized carbons (Fsp3) is 0.455. The summed E-state index contributed by atoms with van der Waals surface area (Å²) in [7, 11) is 0. The molecule has 0 saturated heterocycles. The van der Waals surface area contributed by atoms with Crippen molar-refractivity contribution in [3.63, 3.8) is 0 Å². The van der Waals surface area contributed by atoms with Crippen molar-refractivity contribution in [3.05, 3.63) is 35.9 Å². The second-order valence-corrected chi connectivity index (χ2v) is 3.71. The SMILES string of the molecule is CC(C)[C@@H](Cc1ccccc1)NN. The summed E-state index contributed by atoms with van der Waals surface area (Å²) in [5.74, 6) is 6.03. The third kappa shape index (κ3) is 3.17. The maximum absolute atomic E-state index is 5.47. The first-order chi connectivity index (χ1) is 6.24. The normalized spacial score (nSPS) is 13.2. The summed E-state index contributed by atoms with van der Waals surface area (Å²) >= 11 is 0. The van der Waals surface area contributed by atoms with Crippen molar-refractivity contribution in [1.82, 2.24) is 5.43 Å². The molecule has 2 nitrogen and oxygen atoms in total. The molecule has 0 fully saturated rings. The van der Waals surface area contributed by atoms with Crippen LogP contribution in [0, 0.1) is 5.92 Å². The molecule has 0 aliphatic rings. The number of rotatable bonds is 4. The van der Waals surface area contributed by atoms with Crippen molar-refractivity contribution in [1.29, 1.82) is 0 Å². The molecule has 0 aliphatic carbocycles. The van der Waals surface area contributed by atoms with Crippen molar-refractivity contribution in [3.8, 4) is 0 Å². The topological polar surface area (TPSA) is 38.0 Å². The zero-order valence-corrected chi connectivity index (χ0v) is 8.33. The van der Waals surface area contributed by atoms with Crippen LogP contribution in [0.1, 0.15) is 19.4 Å². The minimum absolute atomic E-state index is 0.363. The Morgan fingerprint density at radius 3 is 2.31 bits per heavy atom. The van der Waals surface area contributed by atoms with Gasteiger partial charge in [0.1, 0.15) is 0 Å². The van der Waals surface area contributed by atoms with E-state index in [9.17, 15) is 0 Å². The van der Waals surface area contributed by atoms with Gasteiger partial charge in [-0.05, 0) is 17.9 Å². The Hall–Kier alpha value is -0.860. The smallest absolute Gasteiger partial charge is 0.0273 e. The van der Waals surface area contributed by atoms with Crippen molar-refractivity contribution in [2.75, 3.05) is 0 Å². The molecule has 1 atom stereocenters. The Bertz CT molecular complexity index is 231. The van der Waals surface area contributed by atoms with Gasteiger partial charge in [0.2, 0.25) is 0 Å². The molecular formula is C11H18N2. The van der Waals surface area contributed by atoms with Gasteiger partial charge in [0.25, 0.3) is 0 Å². The standard InChI is InChI=1S/C11H18N2/c1-9(2)11(13-12)8-10-6-4-3-5-7-10/h3-7,9,11,13H,8,12H2,1-2H3/t11-/m1/s1. The van der Waals surface area contributed by atoms with Gasteiger partial charge >= 0.3 is 0 Å². The average Bonchev–Trinajstić information content (AvgIpc) is 2.15. The quantitative estimate of drug-likeness (QED) is 0.544. The molecule has 0 amide bonds. The van der Waals surface area contributed by atoms with E-state index in [4.69, 9.17) is 5.84 Å². The van der Waals surface area contributed by atoms with Gasteiger partial charge in [-0.3, -0.25) is 11.3 Å². The van der Waals surface area contributed by atoms with E-state index in [0.717, 1.165) is 6.42 Å². The van der Waals surface area contributed by atoms with E-state index < -0.39 is 0 Å². The highest BCUT2D eigenvalue weighted by Gasteiger charge is 2.11. The fourth-order valence-corrected chi connectivity index (χ4v) is 1.36. The van der Waals surface area contributed by atoms with E-state index in [1.165, 1.54) is 5.56 Å². The molecule has 13 heavy (non-hydrogen) atoms. The predicted molar refractivity (Wildman–Crippen MR) is 56.1 cm³/mol. The molecule has 0 heterocycles.